The van der Waals surface area contributed by atoms with E-state index in [0.29, 0.717) is 12.5 Å². The van der Waals surface area contributed by atoms with Gasteiger partial charge >= 0.3 is 6.09 Å². The van der Waals surface area contributed by atoms with Gasteiger partial charge in [-0.2, -0.15) is 4.98 Å². The van der Waals surface area contributed by atoms with Gasteiger partial charge in [0.05, 0.1) is 11.7 Å². The van der Waals surface area contributed by atoms with Crippen molar-refractivity contribution in [3.63, 3.8) is 0 Å². The van der Waals surface area contributed by atoms with Crippen molar-refractivity contribution >= 4 is 17.9 Å². The number of aromatic nitrogens is 2. The summed E-state index contributed by atoms with van der Waals surface area (Å²) in [7, 11) is 0. The van der Waals surface area contributed by atoms with Gasteiger partial charge in [-0.15, -0.1) is 0 Å². The molecule has 0 unspecified atom stereocenters. The summed E-state index contributed by atoms with van der Waals surface area (Å²) in [4.78, 5) is 24.5. The largest absolute Gasteiger partial charge is 0.444 e. The zero-order valence-corrected chi connectivity index (χ0v) is 23.5. The first-order valence-electron chi connectivity index (χ1n) is 14.2. The number of fused-ring (bicyclic) bond motifs is 1. The molecule has 7 nitrogen and oxygen atoms in total. The van der Waals surface area contributed by atoms with E-state index in [0.717, 1.165) is 63.0 Å². The normalized spacial score (nSPS) is 18.7. The van der Waals surface area contributed by atoms with Crippen molar-refractivity contribution in [1.82, 2.24) is 15.3 Å². The number of nitrogens with one attached hydrogen (secondary N) is 1. The lowest BCUT2D eigenvalue weighted by molar-refractivity contribution is 0.0509. The number of carbonyl (C=O) groups is 1. The Morgan fingerprint density at radius 2 is 1.67 bits per heavy atom. The zero-order valence-electron chi connectivity index (χ0n) is 23.5. The van der Waals surface area contributed by atoms with Gasteiger partial charge in [-0.05, 0) is 70.4 Å². The van der Waals surface area contributed by atoms with Crippen molar-refractivity contribution in [2.24, 2.45) is 0 Å². The molecule has 0 radical (unpaired) electrons. The van der Waals surface area contributed by atoms with Crippen LogP contribution in [0.5, 0.6) is 0 Å². The second kappa shape index (κ2) is 11.2. The number of amides is 1. The number of hydrogen-bond acceptors (Lipinski definition) is 6. The van der Waals surface area contributed by atoms with Crippen LogP contribution in [-0.4, -0.2) is 40.8 Å². The third-order valence-corrected chi connectivity index (χ3v) is 7.82. The molecule has 1 atom stereocenters. The lowest BCUT2D eigenvalue weighted by atomic mass is 9.70. The van der Waals surface area contributed by atoms with E-state index < -0.39 is 5.60 Å². The summed E-state index contributed by atoms with van der Waals surface area (Å²) in [5.74, 6) is 1.25. The van der Waals surface area contributed by atoms with Crippen LogP contribution in [0, 0.1) is 0 Å². The van der Waals surface area contributed by atoms with Crippen LogP contribution in [0.3, 0.4) is 0 Å². The number of nitrogens with zero attached hydrogens (tertiary/aromatic N) is 3. The lowest BCUT2D eigenvalue weighted by Gasteiger charge is -2.35. The predicted molar refractivity (Wildman–Crippen MR) is 156 cm³/mol. The number of nitrogen functional groups attached to an aromatic ring is 1. The summed E-state index contributed by atoms with van der Waals surface area (Å²) in [6.45, 7) is 7.11. The smallest absolute Gasteiger partial charge is 0.407 e. The molecule has 0 saturated carbocycles. The number of anilines is 2. The first-order valence-corrected chi connectivity index (χ1v) is 14.2. The molecule has 1 aliphatic carbocycles. The van der Waals surface area contributed by atoms with Crippen LogP contribution in [0.25, 0.3) is 0 Å². The molecule has 1 aromatic heterocycles. The topological polar surface area (TPSA) is 93.4 Å². The summed E-state index contributed by atoms with van der Waals surface area (Å²) in [5.41, 5.74) is 10.7. The Kier molecular flexibility index (Phi) is 7.78. The van der Waals surface area contributed by atoms with Gasteiger partial charge in [-0.3, -0.25) is 0 Å². The number of alkyl carbamates (subject to hydrolysis) is 1. The molecular formula is C32H41N5O2. The summed E-state index contributed by atoms with van der Waals surface area (Å²) in [6.07, 6.45) is 6.43. The van der Waals surface area contributed by atoms with E-state index in [1.807, 2.05) is 20.8 Å². The van der Waals surface area contributed by atoms with Gasteiger partial charge in [0.25, 0.3) is 0 Å². The number of hydrogen-bond donors (Lipinski definition) is 2. The van der Waals surface area contributed by atoms with E-state index >= 15 is 0 Å². The second-order valence-corrected chi connectivity index (χ2v) is 12.1. The molecule has 1 aliphatic heterocycles. The number of rotatable bonds is 6. The highest BCUT2D eigenvalue weighted by atomic mass is 16.6. The SMILES string of the molecule is CC(C)(C)OC(=O)N[C@@H]1CCN(c2nc(N)nc3c2CCCCC3(Cc2ccccc2)Cc2ccccc2)C1. The third-order valence-electron chi connectivity index (χ3n) is 7.82. The predicted octanol–water partition coefficient (Wildman–Crippen LogP) is 5.61. The summed E-state index contributed by atoms with van der Waals surface area (Å²) >= 11 is 0. The summed E-state index contributed by atoms with van der Waals surface area (Å²) in [6, 6.07) is 21.5. The van der Waals surface area contributed by atoms with Crippen LogP contribution in [0.4, 0.5) is 16.6 Å². The lowest BCUT2D eigenvalue weighted by Crippen LogP contribution is -2.41. The monoisotopic (exact) mass is 527 g/mol. The Bertz CT molecular complexity index is 1230. The molecule has 3 aromatic rings. The molecule has 7 heteroatoms. The minimum atomic E-state index is -0.526. The van der Waals surface area contributed by atoms with Crippen molar-refractivity contribution in [2.75, 3.05) is 23.7 Å². The number of benzene rings is 2. The van der Waals surface area contributed by atoms with Crippen LogP contribution >= 0.6 is 0 Å². The molecule has 2 heterocycles. The molecular weight excluding hydrogens is 486 g/mol. The van der Waals surface area contributed by atoms with Crippen molar-refractivity contribution < 1.29 is 9.53 Å². The van der Waals surface area contributed by atoms with Crippen molar-refractivity contribution in [1.29, 1.82) is 0 Å². The molecule has 2 aromatic carbocycles. The minimum absolute atomic E-state index is 0.00383. The fourth-order valence-electron chi connectivity index (χ4n) is 6.23. The standard InChI is InChI=1S/C32H41N5O2/c1-31(2,3)39-30(38)34-25-17-19-37(22-25)28-26-16-10-11-18-32(27(26)35-29(33)36-28,20-23-12-6-4-7-13-23)21-24-14-8-5-9-15-24/h4-9,12-15,25H,10-11,16-22H2,1-3H3,(H,34,38)(H2,33,35,36)/t25-/m1/s1. The fraction of sp³-hybridized carbons (Fsp3) is 0.469. The molecule has 2 aliphatic rings. The molecule has 0 spiro atoms. The summed E-state index contributed by atoms with van der Waals surface area (Å²) in [5, 5.41) is 3.05. The molecule has 1 amide bonds. The van der Waals surface area contributed by atoms with Gasteiger partial charge in [0.2, 0.25) is 5.95 Å². The van der Waals surface area contributed by atoms with E-state index in [1.165, 1.54) is 16.7 Å². The van der Waals surface area contributed by atoms with Crippen LogP contribution in [0.2, 0.25) is 0 Å². The maximum absolute atomic E-state index is 12.4. The Balaban J connectivity index is 1.50. The quantitative estimate of drug-likeness (QED) is 0.405. The van der Waals surface area contributed by atoms with Gasteiger partial charge in [0.1, 0.15) is 11.4 Å². The molecule has 5 rings (SSSR count). The maximum atomic E-state index is 12.4. The second-order valence-electron chi connectivity index (χ2n) is 12.1. The average molecular weight is 528 g/mol. The molecule has 1 fully saturated rings. The molecule has 0 bridgehead atoms. The van der Waals surface area contributed by atoms with E-state index in [9.17, 15) is 4.79 Å². The van der Waals surface area contributed by atoms with Crippen molar-refractivity contribution in [3.05, 3.63) is 83.0 Å². The van der Waals surface area contributed by atoms with Gasteiger partial charge in [-0.25, -0.2) is 9.78 Å². The van der Waals surface area contributed by atoms with Crippen molar-refractivity contribution in [2.45, 2.75) is 82.8 Å². The van der Waals surface area contributed by atoms with Crippen molar-refractivity contribution in [3.8, 4) is 0 Å². The van der Waals surface area contributed by atoms with Gasteiger partial charge in [-0.1, -0.05) is 67.1 Å². The van der Waals surface area contributed by atoms with Gasteiger partial charge in [0.15, 0.2) is 0 Å². The number of nitrogens with two attached hydrogens (primary N) is 1. The van der Waals surface area contributed by atoms with Crippen LogP contribution in [0.1, 0.15) is 68.8 Å². The summed E-state index contributed by atoms with van der Waals surface area (Å²) < 4.78 is 5.49. The van der Waals surface area contributed by atoms with Crippen LogP contribution in [-0.2, 0) is 29.4 Å². The number of ether oxygens (including phenoxy) is 1. The third kappa shape index (κ3) is 6.52. The highest BCUT2D eigenvalue weighted by molar-refractivity contribution is 5.68. The Morgan fingerprint density at radius 1 is 1.03 bits per heavy atom. The van der Waals surface area contributed by atoms with E-state index in [2.05, 4.69) is 70.9 Å². The average Bonchev–Trinajstić information content (AvgIpc) is 3.27. The van der Waals surface area contributed by atoms with Gasteiger partial charge in [0, 0.05) is 24.1 Å². The molecule has 206 valence electrons. The Labute approximate surface area is 232 Å². The first kappa shape index (κ1) is 27.0. The molecule has 39 heavy (non-hydrogen) atoms. The maximum Gasteiger partial charge on any atom is 0.407 e. The Hall–Kier alpha value is -3.61. The van der Waals surface area contributed by atoms with Gasteiger partial charge < -0.3 is 20.7 Å². The zero-order chi connectivity index (χ0) is 27.5. The highest BCUT2D eigenvalue weighted by Gasteiger charge is 2.40. The molecule has 1 saturated heterocycles. The molecule has 3 N–H and O–H groups in total. The van der Waals surface area contributed by atoms with E-state index in [4.69, 9.17) is 20.4 Å². The van der Waals surface area contributed by atoms with Crippen LogP contribution < -0.4 is 16.0 Å². The van der Waals surface area contributed by atoms with E-state index in [1.54, 1.807) is 0 Å². The minimum Gasteiger partial charge on any atom is -0.444 e. The highest BCUT2D eigenvalue weighted by Crippen LogP contribution is 2.43. The first-order chi connectivity index (χ1) is 18.7. The van der Waals surface area contributed by atoms with Crippen LogP contribution in [0.15, 0.2) is 60.7 Å². The fourth-order valence-corrected chi connectivity index (χ4v) is 6.23. The Morgan fingerprint density at radius 3 is 2.28 bits per heavy atom. The van der Waals surface area contributed by atoms with E-state index in [-0.39, 0.29) is 17.6 Å². The number of carbonyl (C=O) groups excluding carboxylic acids is 1.